The van der Waals surface area contributed by atoms with Crippen molar-refractivity contribution in [3.8, 4) is 0 Å². The minimum atomic E-state index is -0.945. The van der Waals surface area contributed by atoms with Crippen LogP contribution in [-0.4, -0.2) is 26.9 Å². The number of carbonyl (C=O) groups is 2. The first kappa shape index (κ1) is 10.7. The number of carboxylic acids is 1. The van der Waals surface area contributed by atoms with Gasteiger partial charge in [0.2, 0.25) is 5.28 Å². The fourth-order valence-corrected chi connectivity index (χ4v) is 1.53. The Hall–Kier alpha value is -1.36. The number of carbonyl (C=O) groups excluding carboxylic acids is 1. The fourth-order valence-electron chi connectivity index (χ4n) is 1.22. The standard InChI is InChI=1S/C8H9ClN2O3/c1-5(2-7(13)14)11-6(4-12)3-10-8(11)9/h3-5H,2H2,1H3,(H,13,14)/t5-/m1/s1. The van der Waals surface area contributed by atoms with Crippen LogP contribution < -0.4 is 0 Å². The van der Waals surface area contributed by atoms with Gasteiger partial charge < -0.3 is 9.67 Å². The summed E-state index contributed by atoms with van der Waals surface area (Å²) in [6, 6.07) is -0.386. The number of hydrogen-bond acceptors (Lipinski definition) is 3. The van der Waals surface area contributed by atoms with Gasteiger partial charge in [0.25, 0.3) is 0 Å². The molecule has 0 radical (unpaired) electrons. The van der Waals surface area contributed by atoms with Crippen molar-refractivity contribution in [1.82, 2.24) is 9.55 Å². The molecule has 0 aliphatic heterocycles. The quantitative estimate of drug-likeness (QED) is 0.772. The van der Waals surface area contributed by atoms with E-state index >= 15 is 0 Å². The Balaban J connectivity index is 2.97. The number of hydrogen-bond donors (Lipinski definition) is 1. The number of halogens is 1. The Morgan fingerprint density at radius 2 is 2.50 bits per heavy atom. The SMILES string of the molecule is C[C@H](CC(=O)O)n1c(C=O)cnc1Cl. The smallest absolute Gasteiger partial charge is 0.305 e. The molecule has 1 atom stereocenters. The van der Waals surface area contributed by atoms with Crippen LogP contribution in [0.25, 0.3) is 0 Å². The van der Waals surface area contributed by atoms with Crippen LogP contribution in [0.1, 0.15) is 29.9 Å². The topological polar surface area (TPSA) is 72.2 Å². The van der Waals surface area contributed by atoms with Gasteiger partial charge in [0.1, 0.15) is 5.69 Å². The zero-order valence-electron chi connectivity index (χ0n) is 7.48. The summed E-state index contributed by atoms with van der Waals surface area (Å²) in [5.74, 6) is -0.945. The number of aromatic nitrogens is 2. The van der Waals surface area contributed by atoms with E-state index in [0.29, 0.717) is 6.29 Å². The molecular formula is C8H9ClN2O3. The molecule has 76 valence electrons. The van der Waals surface area contributed by atoms with E-state index in [1.54, 1.807) is 6.92 Å². The van der Waals surface area contributed by atoms with Crippen LogP contribution in [0.15, 0.2) is 6.20 Å². The molecule has 6 heteroatoms. The average Bonchev–Trinajstić information content (AvgIpc) is 2.45. The van der Waals surface area contributed by atoms with Gasteiger partial charge in [0, 0.05) is 6.04 Å². The van der Waals surface area contributed by atoms with E-state index in [2.05, 4.69) is 4.98 Å². The number of carboxylic acid groups (broad SMARTS) is 1. The summed E-state index contributed by atoms with van der Waals surface area (Å²) in [5.41, 5.74) is 0.281. The van der Waals surface area contributed by atoms with Crippen LogP contribution in [-0.2, 0) is 4.79 Å². The first-order valence-electron chi connectivity index (χ1n) is 3.96. The van der Waals surface area contributed by atoms with Crippen molar-refractivity contribution < 1.29 is 14.7 Å². The Bertz CT molecular complexity index is 361. The molecule has 0 saturated heterocycles. The van der Waals surface area contributed by atoms with Crippen molar-refractivity contribution >= 4 is 23.9 Å². The third-order valence-electron chi connectivity index (χ3n) is 1.81. The number of imidazole rings is 1. The molecule has 1 rings (SSSR count). The maximum Gasteiger partial charge on any atom is 0.305 e. The zero-order chi connectivity index (χ0) is 10.7. The van der Waals surface area contributed by atoms with E-state index < -0.39 is 5.97 Å². The Morgan fingerprint density at radius 3 is 3.00 bits per heavy atom. The summed E-state index contributed by atoms with van der Waals surface area (Å²) in [6.07, 6.45) is 1.81. The minimum Gasteiger partial charge on any atom is -0.481 e. The van der Waals surface area contributed by atoms with Crippen molar-refractivity contribution in [3.63, 3.8) is 0 Å². The van der Waals surface area contributed by atoms with Gasteiger partial charge in [-0.2, -0.15) is 0 Å². The molecule has 1 heterocycles. The number of nitrogens with zero attached hydrogens (tertiary/aromatic N) is 2. The molecule has 5 nitrogen and oxygen atoms in total. The number of aliphatic carboxylic acids is 1. The normalized spacial score (nSPS) is 12.4. The average molecular weight is 217 g/mol. The van der Waals surface area contributed by atoms with Gasteiger partial charge >= 0.3 is 5.97 Å². The highest BCUT2D eigenvalue weighted by Gasteiger charge is 2.16. The van der Waals surface area contributed by atoms with Gasteiger partial charge in [-0.25, -0.2) is 4.98 Å². The summed E-state index contributed by atoms with van der Waals surface area (Å²) in [5, 5.41) is 8.70. The monoisotopic (exact) mass is 216 g/mol. The van der Waals surface area contributed by atoms with E-state index in [9.17, 15) is 9.59 Å². The van der Waals surface area contributed by atoms with Crippen LogP contribution >= 0.6 is 11.6 Å². The third-order valence-corrected chi connectivity index (χ3v) is 2.09. The molecule has 0 saturated carbocycles. The summed E-state index contributed by atoms with van der Waals surface area (Å²) in [6.45, 7) is 1.66. The number of aldehydes is 1. The summed E-state index contributed by atoms with van der Waals surface area (Å²) in [7, 11) is 0. The van der Waals surface area contributed by atoms with Crippen molar-refractivity contribution in [2.75, 3.05) is 0 Å². The molecule has 14 heavy (non-hydrogen) atoms. The molecule has 1 aromatic heterocycles. The molecule has 0 aliphatic carbocycles. The largest absolute Gasteiger partial charge is 0.481 e. The van der Waals surface area contributed by atoms with Crippen LogP contribution in [0.5, 0.6) is 0 Å². The third kappa shape index (κ3) is 2.11. The molecule has 0 fully saturated rings. The fraction of sp³-hybridized carbons (Fsp3) is 0.375. The van der Waals surface area contributed by atoms with Gasteiger partial charge in [0.15, 0.2) is 6.29 Å². The molecule has 0 aliphatic rings. The van der Waals surface area contributed by atoms with Crippen molar-refractivity contribution in [2.45, 2.75) is 19.4 Å². The molecule has 1 aromatic rings. The molecule has 0 amide bonds. The molecular weight excluding hydrogens is 208 g/mol. The van der Waals surface area contributed by atoms with Crippen molar-refractivity contribution in [1.29, 1.82) is 0 Å². The second-order valence-corrected chi connectivity index (χ2v) is 3.22. The minimum absolute atomic E-state index is 0.100. The van der Waals surface area contributed by atoms with E-state index in [-0.39, 0.29) is 23.4 Å². The Kier molecular flexibility index (Phi) is 3.24. The molecule has 0 spiro atoms. The van der Waals surface area contributed by atoms with Crippen molar-refractivity contribution in [2.24, 2.45) is 0 Å². The Morgan fingerprint density at radius 1 is 1.86 bits per heavy atom. The van der Waals surface area contributed by atoms with Gasteiger partial charge in [-0.05, 0) is 18.5 Å². The molecule has 0 unspecified atom stereocenters. The van der Waals surface area contributed by atoms with E-state index in [1.165, 1.54) is 10.8 Å². The highest BCUT2D eigenvalue weighted by Crippen LogP contribution is 2.19. The molecule has 0 bridgehead atoms. The first-order valence-corrected chi connectivity index (χ1v) is 4.33. The predicted octanol–water partition coefficient (Wildman–Crippen LogP) is 1.38. The second-order valence-electron chi connectivity index (χ2n) is 2.89. The van der Waals surface area contributed by atoms with Crippen LogP contribution in [0, 0.1) is 0 Å². The van der Waals surface area contributed by atoms with Crippen LogP contribution in [0.3, 0.4) is 0 Å². The lowest BCUT2D eigenvalue weighted by Crippen LogP contribution is -2.12. The van der Waals surface area contributed by atoms with E-state index in [4.69, 9.17) is 16.7 Å². The summed E-state index contributed by atoms with van der Waals surface area (Å²) in [4.78, 5) is 24.7. The van der Waals surface area contributed by atoms with Gasteiger partial charge in [-0.3, -0.25) is 9.59 Å². The molecule has 1 N–H and O–H groups in total. The summed E-state index contributed by atoms with van der Waals surface area (Å²) >= 11 is 5.70. The second kappa shape index (κ2) is 4.23. The van der Waals surface area contributed by atoms with Crippen LogP contribution in [0.4, 0.5) is 0 Å². The highest BCUT2D eigenvalue weighted by molar-refractivity contribution is 6.28. The van der Waals surface area contributed by atoms with Crippen molar-refractivity contribution in [3.05, 3.63) is 17.2 Å². The lowest BCUT2D eigenvalue weighted by atomic mass is 10.2. The zero-order valence-corrected chi connectivity index (χ0v) is 8.23. The predicted molar refractivity (Wildman–Crippen MR) is 49.6 cm³/mol. The van der Waals surface area contributed by atoms with Gasteiger partial charge in [-0.15, -0.1) is 0 Å². The first-order chi connectivity index (χ1) is 6.56. The maximum atomic E-state index is 10.6. The lowest BCUT2D eigenvalue weighted by molar-refractivity contribution is -0.137. The highest BCUT2D eigenvalue weighted by atomic mass is 35.5. The van der Waals surface area contributed by atoms with E-state index in [1.807, 2.05) is 0 Å². The van der Waals surface area contributed by atoms with E-state index in [0.717, 1.165) is 0 Å². The lowest BCUT2D eigenvalue weighted by Gasteiger charge is -2.12. The van der Waals surface area contributed by atoms with Crippen LogP contribution in [0.2, 0.25) is 5.28 Å². The summed E-state index contributed by atoms with van der Waals surface area (Å²) < 4.78 is 1.39. The van der Waals surface area contributed by atoms with Gasteiger partial charge in [-0.1, -0.05) is 0 Å². The maximum absolute atomic E-state index is 10.6. The molecule has 0 aromatic carbocycles. The number of rotatable bonds is 4. The van der Waals surface area contributed by atoms with Gasteiger partial charge in [0.05, 0.1) is 12.6 Å². The Labute approximate surface area is 85.3 Å².